The number of phenolic OH excluding ortho intramolecular Hbond substituents is 6. The summed E-state index contributed by atoms with van der Waals surface area (Å²) < 4.78 is 0. The molecule has 0 heterocycles. The van der Waals surface area contributed by atoms with Crippen molar-refractivity contribution in [2.45, 2.75) is 99.1 Å². The molecule has 246 valence electrons. The van der Waals surface area contributed by atoms with Crippen molar-refractivity contribution in [2.24, 2.45) is 23.7 Å². The summed E-state index contributed by atoms with van der Waals surface area (Å²) in [5, 5.41) is 77.1. The van der Waals surface area contributed by atoms with Gasteiger partial charge in [-0.25, -0.2) is 0 Å². The van der Waals surface area contributed by atoms with Crippen LogP contribution in [0.1, 0.15) is 88.2 Å². The van der Waals surface area contributed by atoms with E-state index < -0.39 is 11.2 Å². The zero-order valence-electron chi connectivity index (χ0n) is 26.1. The molecule has 0 aromatic heterocycles. The quantitative estimate of drug-likeness (QED) is 0.150. The molecule has 0 atom stereocenters. The fraction of sp³-hybridized carbons (Fsp3) is 0.526. The van der Waals surface area contributed by atoms with Gasteiger partial charge in [0, 0.05) is 6.42 Å². The van der Waals surface area contributed by atoms with E-state index in [1.165, 1.54) is 25.0 Å². The fourth-order valence-electron chi connectivity index (χ4n) is 11.3. The Labute approximate surface area is 269 Å². The van der Waals surface area contributed by atoms with Gasteiger partial charge in [-0.1, -0.05) is 24.3 Å². The van der Waals surface area contributed by atoms with E-state index in [0.29, 0.717) is 30.1 Å². The van der Waals surface area contributed by atoms with Crippen LogP contribution in [-0.4, -0.2) is 52.1 Å². The van der Waals surface area contributed by atoms with Gasteiger partial charge in [0.1, 0.15) is 0 Å². The summed E-state index contributed by atoms with van der Waals surface area (Å²) in [5.41, 5.74) is 1.30. The Morgan fingerprint density at radius 3 is 1.09 bits per heavy atom. The summed E-state index contributed by atoms with van der Waals surface area (Å²) in [5.74, 6) is 2.12. The highest BCUT2D eigenvalue weighted by molar-refractivity contribution is 5.48. The lowest BCUT2D eigenvalue weighted by Crippen LogP contribution is -2.58. The van der Waals surface area contributed by atoms with Gasteiger partial charge in [0.2, 0.25) is 0 Å². The van der Waals surface area contributed by atoms with Gasteiger partial charge in [-0.2, -0.15) is 0 Å². The fourth-order valence-corrected chi connectivity index (χ4v) is 11.3. The molecule has 11 rings (SSSR count). The highest BCUT2D eigenvalue weighted by Gasteiger charge is 2.59. The Hall–Kier alpha value is -3.62. The van der Waals surface area contributed by atoms with Crippen LogP contribution < -0.4 is 0 Å². The predicted octanol–water partition coefficient (Wildman–Crippen LogP) is 6.46. The maximum Gasteiger partial charge on any atom is 0.157 e. The zero-order valence-corrected chi connectivity index (χ0v) is 26.1. The number of rotatable bonds is 2. The third kappa shape index (κ3) is 5.64. The van der Waals surface area contributed by atoms with Crippen molar-refractivity contribution < 1.29 is 40.9 Å². The molecule has 0 aliphatic heterocycles. The smallest absolute Gasteiger partial charge is 0.157 e. The van der Waals surface area contributed by atoms with Crippen LogP contribution in [0.4, 0.5) is 0 Å². The lowest BCUT2D eigenvalue weighted by molar-refractivity contribution is -0.198. The average Bonchev–Trinajstić information content (AvgIpc) is 2.95. The third-order valence-electron chi connectivity index (χ3n) is 12.1. The van der Waals surface area contributed by atoms with E-state index in [1.54, 1.807) is 36.4 Å². The third-order valence-corrected chi connectivity index (χ3v) is 12.1. The second-order valence-corrected chi connectivity index (χ2v) is 15.8. The Morgan fingerprint density at radius 2 is 0.761 bits per heavy atom. The number of aromatic hydroxyl groups is 6. The first kappa shape index (κ1) is 31.0. The van der Waals surface area contributed by atoms with Gasteiger partial charge in [-0.15, -0.1) is 0 Å². The maximum absolute atomic E-state index is 10.1. The number of phenols is 6. The second-order valence-electron chi connectivity index (χ2n) is 15.8. The normalized spacial score (nSPS) is 37.6. The number of hydrogen-bond acceptors (Lipinski definition) is 8. The van der Waals surface area contributed by atoms with E-state index >= 15 is 0 Å². The molecule has 0 spiro atoms. The molecule has 8 aliphatic rings. The van der Waals surface area contributed by atoms with Crippen molar-refractivity contribution in [1.82, 2.24) is 0 Å². The second kappa shape index (κ2) is 11.0. The van der Waals surface area contributed by atoms with Gasteiger partial charge < -0.3 is 40.9 Å². The molecule has 8 fully saturated rings. The lowest BCUT2D eigenvalue weighted by Gasteiger charge is -2.62. The standard InChI is InChI=1S/C22H24O4.C10H16O2.C6H6O2/c23-17-3-1-15(6-19(17)25)21-8-13-5-14(9-21)11-22(10-13,12-21)16-2-4-18(24)20(26)7-16;11-9-2-7-1-8(4-9)5-10(12,3-7)6-9;7-5-3-1-2-4-6(5)8/h1-4,6-7,13-14,23-26H,5,8-12H2;7-8,11-12H,1-6H2;1-4,7-8H. The van der Waals surface area contributed by atoms with Gasteiger partial charge in [0.15, 0.2) is 34.5 Å². The summed E-state index contributed by atoms with van der Waals surface area (Å²) in [4.78, 5) is 0. The van der Waals surface area contributed by atoms with Crippen LogP contribution in [0.5, 0.6) is 34.5 Å². The molecule has 8 heteroatoms. The first-order valence-electron chi connectivity index (χ1n) is 16.7. The number of benzene rings is 3. The highest BCUT2D eigenvalue weighted by Crippen LogP contribution is 2.66. The van der Waals surface area contributed by atoms with E-state index in [0.717, 1.165) is 68.9 Å². The molecule has 0 radical (unpaired) electrons. The first-order valence-corrected chi connectivity index (χ1v) is 16.7. The molecule has 0 amide bonds. The number of para-hydroxylation sites is 2. The molecular formula is C38H46O8. The monoisotopic (exact) mass is 630 g/mol. The molecule has 8 N–H and O–H groups in total. The largest absolute Gasteiger partial charge is 0.504 e. The van der Waals surface area contributed by atoms with Crippen molar-refractivity contribution >= 4 is 0 Å². The maximum atomic E-state index is 10.1. The first-order chi connectivity index (χ1) is 21.8. The summed E-state index contributed by atoms with van der Waals surface area (Å²) in [6.07, 6.45) is 12.4. The van der Waals surface area contributed by atoms with E-state index in [9.17, 15) is 30.6 Å². The highest BCUT2D eigenvalue weighted by atomic mass is 16.3. The van der Waals surface area contributed by atoms with Crippen LogP contribution >= 0.6 is 0 Å². The minimum atomic E-state index is -0.487. The summed E-state index contributed by atoms with van der Waals surface area (Å²) in [6.45, 7) is 0. The number of aliphatic hydroxyl groups is 2. The van der Waals surface area contributed by atoms with E-state index in [4.69, 9.17) is 10.2 Å². The van der Waals surface area contributed by atoms with Crippen molar-refractivity contribution in [3.63, 3.8) is 0 Å². The van der Waals surface area contributed by atoms with Crippen LogP contribution in [0.2, 0.25) is 0 Å². The minimum Gasteiger partial charge on any atom is -0.504 e. The lowest BCUT2D eigenvalue weighted by atomic mass is 9.41. The SMILES string of the molecule is OC12CC3CC(C1)CC(O)(C3)C2.Oc1ccc(C23CC4CC(C2)CC(c2ccc(O)c(O)c2)(C4)C3)cc1O.Oc1ccccc1O. The summed E-state index contributed by atoms with van der Waals surface area (Å²) in [7, 11) is 0. The average molecular weight is 631 g/mol. The van der Waals surface area contributed by atoms with Crippen molar-refractivity contribution in [3.05, 3.63) is 71.8 Å². The molecular weight excluding hydrogens is 584 g/mol. The van der Waals surface area contributed by atoms with Crippen LogP contribution in [-0.2, 0) is 10.8 Å². The number of hydrogen-bond donors (Lipinski definition) is 8. The van der Waals surface area contributed by atoms with Crippen LogP contribution in [0, 0.1) is 23.7 Å². The summed E-state index contributed by atoms with van der Waals surface area (Å²) in [6, 6.07) is 16.8. The topological polar surface area (TPSA) is 162 Å². The van der Waals surface area contributed by atoms with Crippen molar-refractivity contribution in [2.75, 3.05) is 0 Å². The summed E-state index contributed by atoms with van der Waals surface area (Å²) >= 11 is 0. The van der Waals surface area contributed by atoms with Gasteiger partial charge in [0.25, 0.3) is 0 Å². The molecule has 8 bridgehead atoms. The molecule has 8 saturated carbocycles. The molecule has 3 aromatic rings. The van der Waals surface area contributed by atoms with E-state index in [2.05, 4.69) is 0 Å². The molecule has 0 unspecified atom stereocenters. The zero-order chi connectivity index (χ0) is 32.5. The molecule has 46 heavy (non-hydrogen) atoms. The van der Waals surface area contributed by atoms with Crippen molar-refractivity contribution in [1.29, 1.82) is 0 Å². The Kier molecular flexibility index (Phi) is 7.40. The Morgan fingerprint density at radius 1 is 0.413 bits per heavy atom. The molecule has 8 aliphatic carbocycles. The minimum absolute atomic E-state index is 0.0166. The van der Waals surface area contributed by atoms with E-state index in [1.807, 2.05) is 12.1 Å². The molecule has 8 nitrogen and oxygen atoms in total. The Balaban J connectivity index is 0.000000138. The van der Waals surface area contributed by atoms with Gasteiger partial charge in [-0.3, -0.25) is 0 Å². The van der Waals surface area contributed by atoms with Gasteiger partial charge >= 0.3 is 0 Å². The van der Waals surface area contributed by atoms with Gasteiger partial charge in [-0.05, 0) is 153 Å². The molecule has 3 aromatic carbocycles. The van der Waals surface area contributed by atoms with Crippen LogP contribution in [0.15, 0.2) is 60.7 Å². The van der Waals surface area contributed by atoms with Gasteiger partial charge in [0.05, 0.1) is 11.2 Å². The van der Waals surface area contributed by atoms with Crippen LogP contribution in [0.3, 0.4) is 0 Å². The molecule has 0 saturated heterocycles. The predicted molar refractivity (Wildman–Crippen MR) is 172 cm³/mol. The van der Waals surface area contributed by atoms with Crippen molar-refractivity contribution in [3.8, 4) is 34.5 Å². The Bertz CT molecular complexity index is 1480. The van der Waals surface area contributed by atoms with E-state index in [-0.39, 0.29) is 45.3 Å². The van der Waals surface area contributed by atoms with Crippen LogP contribution in [0.25, 0.3) is 0 Å².